The molecule has 0 unspecified atom stereocenters. The summed E-state index contributed by atoms with van der Waals surface area (Å²) < 4.78 is 10.5. The van der Waals surface area contributed by atoms with E-state index in [1.54, 1.807) is 31.2 Å². The number of rotatable bonds is 4. The summed E-state index contributed by atoms with van der Waals surface area (Å²) in [5.41, 5.74) is 1.11. The zero-order valence-electron chi connectivity index (χ0n) is 11.0. The highest BCUT2D eigenvalue weighted by molar-refractivity contribution is 5.95. The van der Waals surface area contributed by atoms with Crippen molar-refractivity contribution in [2.24, 2.45) is 0 Å². The first-order valence-electron chi connectivity index (χ1n) is 5.95. The molecule has 0 atom stereocenters. The third-order valence-electron chi connectivity index (χ3n) is 2.58. The highest BCUT2D eigenvalue weighted by Crippen LogP contribution is 2.27. The lowest BCUT2D eigenvalue weighted by Gasteiger charge is -2.09. The van der Waals surface area contributed by atoms with Gasteiger partial charge in [0.15, 0.2) is 0 Å². The van der Waals surface area contributed by atoms with Gasteiger partial charge in [0.05, 0.1) is 6.10 Å². The van der Waals surface area contributed by atoms with E-state index in [0.29, 0.717) is 17.0 Å². The Hall–Kier alpha value is -2.30. The molecule has 0 fully saturated rings. The number of aromatic carboxylic acids is 1. The number of benzene rings is 1. The summed E-state index contributed by atoms with van der Waals surface area (Å²) >= 11 is 0. The molecule has 0 spiro atoms. The molecule has 1 aromatic carbocycles. The highest BCUT2D eigenvalue weighted by Gasteiger charge is 2.20. The molecule has 0 aliphatic heterocycles. The molecule has 0 aliphatic carbocycles. The number of carbonyl (C=O) groups is 1. The third-order valence-corrected chi connectivity index (χ3v) is 2.58. The van der Waals surface area contributed by atoms with Crippen LogP contribution in [0.15, 0.2) is 28.8 Å². The Bertz CT molecular complexity index is 584. The van der Waals surface area contributed by atoms with Crippen LogP contribution in [0.3, 0.4) is 0 Å². The van der Waals surface area contributed by atoms with E-state index in [1.165, 1.54) is 0 Å². The quantitative estimate of drug-likeness (QED) is 0.915. The average Bonchev–Trinajstić information content (AvgIpc) is 2.71. The van der Waals surface area contributed by atoms with Crippen LogP contribution in [0.1, 0.15) is 30.0 Å². The van der Waals surface area contributed by atoms with E-state index in [-0.39, 0.29) is 11.7 Å². The van der Waals surface area contributed by atoms with Crippen molar-refractivity contribution >= 4 is 5.97 Å². The smallest absolute Gasteiger partial charge is 0.341 e. The summed E-state index contributed by atoms with van der Waals surface area (Å²) in [5, 5.41) is 12.9. The van der Waals surface area contributed by atoms with Crippen LogP contribution in [0.5, 0.6) is 5.75 Å². The van der Waals surface area contributed by atoms with Crippen molar-refractivity contribution < 1.29 is 19.2 Å². The second-order valence-corrected chi connectivity index (χ2v) is 4.46. The summed E-state index contributed by atoms with van der Waals surface area (Å²) in [7, 11) is 0. The SMILES string of the molecule is Cc1onc(-c2ccc(OC(C)C)cc2)c1C(=O)O. The number of aromatic nitrogens is 1. The first-order chi connectivity index (χ1) is 8.99. The number of carboxylic acid groups (broad SMARTS) is 1. The molecule has 19 heavy (non-hydrogen) atoms. The Kier molecular flexibility index (Phi) is 3.55. The first-order valence-corrected chi connectivity index (χ1v) is 5.95. The van der Waals surface area contributed by atoms with E-state index < -0.39 is 5.97 Å². The fourth-order valence-electron chi connectivity index (χ4n) is 1.78. The van der Waals surface area contributed by atoms with Crippen LogP contribution >= 0.6 is 0 Å². The molecule has 0 amide bonds. The van der Waals surface area contributed by atoms with Crippen molar-refractivity contribution in [1.82, 2.24) is 5.16 Å². The minimum absolute atomic E-state index is 0.0923. The van der Waals surface area contributed by atoms with Gasteiger partial charge in [-0.2, -0.15) is 0 Å². The Morgan fingerprint density at radius 3 is 2.47 bits per heavy atom. The zero-order valence-corrected chi connectivity index (χ0v) is 11.0. The van der Waals surface area contributed by atoms with Crippen molar-refractivity contribution in [2.75, 3.05) is 0 Å². The molecule has 2 aromatic rings. The monoisotopic (exact) mass is 261 g/mol. The maximum absolute atomic E-state index is 11.2. The maximum atomic E-state index is 11.2. The average molecular weight is 261 g/mol. The molecule has 1 aromatic heterocycles. The fraction of sp³-hybridized carbons (Fsp3) is 0.286. The molecule has 0 bridgehead atoms. The van der Waals surface area contributed by atoms with Crippen molar-refractivity contribution in [3.05, 3.63) is 35.6 Å². The van der Waals surface area contributed by atoms with Gasteiger partial charge in [-0.1, -0.05) is 5.16 Å². The Labute approximate surface area is 110 Å². The lowest BCUT2D eigenvalue weighted by molar-refractivity contribution is 0.0695. The molecule has 0 saturated carbocycles. The fourth-order valence-corrected chi connectivity index (χ4v) is 1.78. The summed E-state index contributed by atoms with van der Waals surface area (Å²) in [6, 6.07) is 7.10. The van der Waals surface area contributed by atoms with Crippen LogP contribution in [0.2, 0.25) is 0 Å². The van der Waals surface area contributed by atoms with Crippen LogP contribution < -0.4 is 4.74 Å². The van der Waals surface area contributed by atoms with Crippen molar-refractivity contribution in [1.29, 1.82) is 0 Å². The van der Waals surface area contributed by atoms with Gasteiger partial charge in [0.2, 0.25) is 0 Å². The van der Waals surface area contributed by atoms with E-state index in [0.717, 1.165) is 5.75 Å². The molecule has 5 nitrogen and oxygen atoms in total. The topological polar surface area (TPSA) is 72.6 Å². The lowest BCUT2D eigenvalue weighted by atomic mass is 10.1. The number of hydrogen-bond donors (Lipinski definition) is 1. The van der Waals surface area contributed by atoms with Crippen molar-refractivity contribution in [3.63, 3.8) is 0 Å². The minimum atomic E-state index is -1.05. The molecule has 5 heteroatoms. The Morgan fingerprint density at radius 2 is 1.95 bits per heavy atom. The predicted octanol–water partition coefficient (Wildman–Crippen LogP) is 3.14. The van der Waals surface area contributed by atoms with E-state index in [4.69, 9.17) is 14.4 Å². The molecule has 0 saturated heterocycles. The van der Waals surface area contributed by atoms with Gasteiger partial charge < -0.3 is 14.4 Å². The largest absolute Gasteiger partial charge is 0.491 e. The van der Waals surface area contributed by atoms with E-state index in [9.17, 15) is 4.79 Å². The van der Waals surface area contributed by atoms with E-state index in [2.05, 4.69) is 5.16 Å². The first kappa shape index (κ1) is 13.1. The molecular weight excluding hydrogens is 246 g/mol. The summed E-state index contributed by atoms with van der Waals surface area (Å²) in [6.07, 6.45) is 0.0923. The van der Waals surface area contributed by atoms with Gasteiger partial charge in [-0.05, 0) is 45.0 Å². The van der Waals surface area contributed by atoms with Gasteiger partial charge >= 0.3 is 5.97 Å². The second-order valence-electron chi connectivity index (χ2n) is 4.46. The van der Waals surface area contributed by atoms with Gasteiger partial charge in [-0.3, -0.25) is 0 Å². The van der Waals surface area contributed by atoms with Gasteiger partial charge in [0.1, 0.15) is 22.8 Å². The zero-order chi connectivity index (χ0) is 14.0. The van der Waals surface area contributed by atoms with E-state index in [1.807, 2.05) is 13.8 Å². The van der Waals surface area contributed by atoms with Crippen LogP contribution in [0.25, 0.3) is 11.3 Å². The van der Waals surface area contributed by atoms with Crippen molar-refractivity contribution in [2.45, 2.75) is 26.9 Å². The minimum Gasteiger partial charge on any atom is -0.491 e. The van der Waals surface area contributed by atoms with Crippen molar-refractivity contribution in [3.8, 4) is 17.0 Å². The Morgan fingerprint density at radius 1 is 1.32 bits per heavy atom. The van der Waals surface area contributed by atoms with Crippen LogP contribution in [-0.4, -0.2) is 22.3 Å². The predicted molar refractivity (Wildman–Crippen MR) is 69.4 cm³/mol. The Balaban J connectivity index is 2.35. The van der Waals surface area contributed by atoms with Crippen LogP contribution in [-0.2, 0) is 0 Å². The van der Waals surface area contributed by atoms with E-state index >= 15 is 0 Å². The molecular formula is C14H15NO4. The molecule has 0 aliphatic rings. The molecule has 0 radical (unpaired) electrons. The van der Waals surface area contributed by atoms with Crippen LogP contribution in [0, 0.1) is 6.92 Å². The second kappa shape index (κ2) is 5.14. The molecule has 1 N–H and O–H groups in total. The summed E-state index contributed by atoms with van der Waals surface area (Å²) in [6.45, 7) is 5.46. The molecule has 2 rings (SSSR count). The van der Waals surface area contributed by atoms with Gasteiger partial charge in [0.25, 0.3) is 0 Å². The molecule has 100 valence electrons. The normalized spacial score (nSPS) is 10.7. The maximum Gasteiger partial charge on any atom is 0.341 e. The number of carboxylic acids is 1. The highest BCUT2D eigenvalue weighted by atomic mass is 16.5. The van der Waals surface area contributed by atoms with Gasteiger partial charge in [0, 0.05) is 5.56 Å². The summed E-state index contributed by atoms with van der Waals surface area (Å²) in [4.78, 5) is 11.2. The lowest BCUT2D eigenvalue weighted by Crippen LogP contribution is -2.05. The number of nitrogens with zero attached hydrogens (tertiary/aromatic N) is 1. The number of aryl methyl sites for hydroxylation is 1. The molecule has 1 heterocycles. The number of ether oxygens (including phenoxy) is 1. The summed E-state index contributed by atoms with van der Waals surface area (Å²) in [5.74, 6) is -0.0166. The van der Waals surface area contributed by atoms with Gasteiger partial charge in [-0.15, -0.1) is 0 Å². The number of hydrogen-bond acceptors (Lipinski definition) is 4. The van der Waals surface area contributed by atoms with Crippen LogP contribution in [0.4, 0.5) is 0 Å². The van der Waals surface area contributed by atoms with Gasteiger partial charge in [-0.25, -0.2) is 4.79 Å². The third kappa shape index (κ3) is 2.76. The standard InChI is InChI=1S/C14H15NO4/c1-8(2)18-11-6-4-10(5-7-11)13-12(14(16)17)9(3)19-15-13/h4-8H,1-3H3,(H,16,17).